The summed E-state index contributed by atoms with van der Waals surface area (Å²) in [5, 5.41) is 10.0. The fraction of sp³-hybridized carbons (Fsp3) is 0.550. The number of hydrogen-bond acceptors (Lipinski definition) is 4. The van der Waals surface area contributed by atoms with Crippen molar-refractivity contribution in [2.75, 3.05) is 19.6 Å². The SMILES string of the molecule is CC1CCCCN1CCCCNC(=O)NCc1ccnc(-n2cccn2)c1. The molecule has 146 valence electrons. The van der Waals surface area contributed by atoms with Crippen LogP contribution in [0, 0.1) is 0 Å². The van der Waals surface area contributed by atoms with Crippen LogP contribution in [0.4, 0.5) is 4.79 Å². The van der Waals surface area contributed by atoms with E-state index in [4.69, 9.17) is 0 Å². The maximum absolute atomic E-state index is 12.0. The Kier molecular flexibility index (Phi) is 7.21. The molecule has 2 amide bonds. The summed E-state index contributed by atoms with van der Waals surface area (Å²) < 4.78 is 1.70. The minimum absolute atomic E-state index is 0.126. The van der Waals surface area contributed by atoms with Crippen LogP contribution >= 0.6 is 0 Å². The lowest BCUT2D eigenvalue weighted by Crippen LogP contribution is -2.38. The summed E-state index contributed by atoms with van der Waals surface area (Å²) in [6.45, 7) is 5.86. The minimum atomic E-state index is -0.126. The van der Waals surface area contributed by atoms with Gasteiger partial charge in [0.05, 0.1) is 0 Å². The minimum Gasteiger partial charge on any atom is -0.338 e. The van der Waals surface area contributed by atoms with Gasteiger partial charge < -0.3 is 15.5 Å². The van der Waals surface area contributed by atoms with Gasteiger partial charge in [-0.15, -0.1) is 0 Å². The van der Waals surface area contributed by atoms with E-state index in [0.29, 0.717) is 19.1 Å². The number of rotatable bonds is 8. The second kappa shape index (κ2) is 10.1. The van der Waals surface area contributed by atoms with Crippen molar-refractivity contribution in [1.29, 1.82) is 0 Å². The highest BCUT2D eigenvalue weighted by atomic mass is 16.2. The molecular weight excluding hydrogens is 340 g/mol. The van der Waals surface area contributed by atoms with Crippen LogP contribution in [-0.4, -0.2) is 51.4 Å². The first-order chi connectivity index (χ1) is 13.2. The molecular formula is C20H30N6O. The fourth-order valence-electron chi connectivity index (χ4n) is 3.48. The Morgan fingerprint density at radius 1 is 1.26 bits per heavy atom. The van der Waals surface area contributed by atoms with Crippen LogP contribution in [0.1, 0.15) is 44.6 Å². The number of urea groups is 1. The molecule has 1 saturated heterocycles. The zero-order valence-electron chi connectivity index (χ0n) is 16.1. The highest BCUT2D eigenvalue weighted by Gasteiger charge is 2.16. The number of carbonyl (C=O) groups excluding carboxylic acids is 1. The molecule has 1 atom stereocenters. The third-order valence-electron chi connectivity index (χ3n) is 5.10. The number of pyridine rings is 1. The molecule has 2 aromatic rings. The van der Waals surface area contributed by atoms with Crippen LogP contribution in [-0.2, 0) is 6.54 Å². The summed E-state index contributed by atoms with van der Waals surface area (Å²) in [6, 6.07) is 6.26. The highest BCUT2D eigenvalue weighted by molar-refractivity contribution is 5.73. The molecule has 0 aliphatic carbocycles. The summed E-state index contributed by atoms with van der Waals surface area (Å²) in [7, 11) is 0. The van der Waals surface area contributed by atoms with Gasteiger partial charge in [0.1, 0.15) is 0 Å². The fourth-order valence-corrected chi connectivity index (χ4v) is 3.48. The van der Waals surface area contributed by atoms with E-state index in [2.05, 4.69) is 32.5 Å². The maximum atomic E-state index is 12.0. The van der Waals surface area contributed by atoms with E-state index in [1.54, 1.807) is 17.1 Å². The Balaban J connectivity index is 1.31. The number of unbranched alkanes of at least 4 members (excludes halogenated alkanes) is 1. The van der Waals surface area contributed by atoms with E-state index in [0.717, 1.165) is 30.8 Å². The quantitative estimate of drug-likeness (QED) is 0.701. The monoisotopic (exact) mass is 370 g/mol. The largest absolute Gasteiger partial charge is 0.338 e. The molecule has 7 nitrogen and oxygen atoms in total. The zero-order valence-corrected chi connectivity index (χ0v) is 16.1. The molecule has 0 aromatic carbocycles. The van der Waals surface area contributed by atoms with Gasteiger partial charge >= 0.3 is 6.03 Å². The van der Waals surface area contributed by atoms with Crippen molar-refractivity contribution < 1.29 is 4.79 Å². The number of hydrogen-bond donors (Lipinski definition) is 2. The Morgan fingerprint density at radius 2 is 2.19 bits per heavy atom. The number of aromatic nitrogens is 3. The van der Waals surface area contributed by atoms with Gasteiger partial charge in [-0.25, -0.2) is 14.5 Å². The molecule has 1 fully saturated rings. The molecule has 7 heteroatoms. The van der Waals surface area contributed by atoms with Crippen molar-refractivity contribution in [3.05, 3.63) is 42.4 Å². The first kappa shape index (κ1) is 19.4. The van der Waals surface area contributed by atoms with Crippen LogP contribution in [0.15, 0.2) is 36.8 Å². The smallest absolute Gasteiger partial charge is 0.315 e. The molecule has 0 saturated carbocycles. The lowest BCUT2D eigenvalue weighted by Gasteiger charge is -2.33. The molecule has 27 heavy (non-hydrogen) atoms. The molecule has 0 bridgehead atoms. The summed E-state index contributed by atoms with van der Waals surface area (Å²) in [4.78, 5) is 18.8. The van der Waals surface area contributed by atoms with Crippen LogP contribution in [0.25, 0.3) is 5.82 Å². The molecule has 2 aromatic heterocycles. The van der Waals surface area contributed by atoms with Gasteiger partial charge in [0.2, 0.25) is 0 Å². The van der Waals surface area contributed by atoms with Crippen molar-refractivity contribution in [2.24, 2.45) is 0 Å². The summed E-state index contributed by atoms with van der Waals surface area (Å²) in [6.07, 6.45) is 11.4. The van der Waals surface area contributed by atoms with Crippen LogP contribution < -0.4 is 10.6 Å². The first-order valence-corrected chi connectivity index (χ1v) is 9.93. The van der Waals surface area contributed by atoms with Gasteiger partial charge in [-0.3, -0.25) is 0 Å². The number of nitrogens with one attached hydrogen (secondary N) is 2. The second-order valence-corrected chi connectivity index (χ2v) is 7.17. The van der Waals surface area contributed by atoms with E-state index in [-0.39, 0.29) is 6.03 Å². The predicted octanol–water partition coefficient (Wildman–Crippen LogP) is 2.72. The van der Waals surface area contributed by atoms with E-state index in [1.807, 2.05) is 24.4 Å². The second-order valence-electron chi connectivity index (χ2n) is 7.17. The molecule has 1 unspecified atom stereocenters. The molecule has 0 spiro atoms. The highest BCUT2D eigenvalue weighted by Crippen LogP contribution is 2.16. The zero-order chi connectivity index (χ0) is 18.9. The Hall–Kier alpha value is -2.41. The lowest BCUT2D eigenvalue weighted by atomic mass is 10.0. The molecule has 1 aliphatic heterocycles. The van der Waals surface area contributed by atoms with Crippen molar-refractivity contribution in [3.8, 4) is 5.82 Å². The summed E-state index contributed by atoms with van der Waals surface area (Å²) in [5.74, 6) is 0.742. The number of likely N-dealkylation sites (tertiary alicyclic amines) is 1. The average Bonchev–Trinajstić information content (AvgIpc) is 3.23. The Labute approximate surface area is 161 Å². The first-order valence-electron chi connectivity index (χ1n) is 9.93. The Bertz CT molecular complexity index is 702. The Morgan fingerprint density at radius 3 is 3.00 bits per heavy atom. The number of nitrogens with zero attached hydrogens (tertiary/aromatic N) is 4. The molecule has 0 radical (unpaired) electrons. The van der Waals surface area contributed by atoms with E-state index in [9.17, 15) is 4.79 Å². The summed E-state index contributed by atoms with van der Waals surface area (Å²) >= 11 is 0. The maximum Gasteiger partial charge on any atom is 0.315 e. The van der Waals surface area contributed by atoms with Crippen molar-refractivity contribution in [2.45, 2.75) is 51.6 Å². The standard InChI is InChI=1S/C20H30N6O/c1-17-7-2-4-12-25(17)13-5-3-9-22-20(27)23-16-18-8-11-21-19(15-18)26-14-6-10-24-26/h6,8,10-11,14-15,17H,2-5,7,9,12-13,16H2,1H3,(H2,22,23,27). The molecule has 2 N–H and O–H groups in total. The molecule has 1 aliphatic rings. The van der Waals surface area contributed by atoms with Gasteiger partial charge in [0, 0.05) is 37.7 Å². The van der Waals surface area contributed by atoms with E-state index in [1.165, 1.54) is 25.8 Å². The van der Waals surface area contributed by atoms with Gasteiger partial charge in [-0.1, -0.05) is 6.42 Å². The number of amides is 2. The number of piperidine rings is 1. The van der Waals surface area contributed by atoms with Gasteiger partial charge in [0.25, 0.3) is 0 Å². The summed E-state index contributed by atoms with van der Waals surface area (Å²) in [5.41, 5.74) is 0.990. The molecule has 3 rings (SSSR count). The van der Waals surface area contributed by atoms with Crippen LogP contribution in [0.2, 0.25) is 0 Å². The van der Waals surface area contributed by atoms with Crippen molar-refractivity contribution in [3.63, 3.8) is 0 Å². The van der Waals surface area contributed by atoms with Crippen molar-refractivity contribution in [1.82, 2.24) is 30.3 Å². The third-order valence-corrected chi connectivity index (χ3v) is 5.10. The van der Waals surface area contributed by atoms with Gasteiger partial charge in [-0.2, -0.15) is 5.10 Å². The van der Waals surface area contributed by atoms with Crippen LogP contribution in [0.5, 0.6) is 0 Å². The third kappa shape index (κ3) is 6.06. The predicted molar refractivity (Wildman–Crippen MR) is 106 cm³/mol. The van der Waals surface area contributed by atoms with Crippen molar-refractivity contribution >= 4 is 6.03 Å². The number of carbonyl (C=O) groups is 1. The van der Waals surface area contributed by atoms with Crippen LogP contribution in [0.3, 0.4) is 0 Å². The lowest BCUT2D eigenvalue weighted by molar-refractivity contribution is 0.158. The van der Waals surface area contributed by atoms with E-state index < -0.39 is 0 Å². The topological polar surface area (TPSA) is 75.1 Å². The van der Waals surface area contributed by atoms with Gasteiger partial charge in [-0.05, 0) is 69.5 Å². The average molecular weight is 371 g/mol. The van der Waals surface area contributed by atoms with E-state index >= 15 is 0 Å². The van der Waals surface area contributed by atoms with Gasteiger partial charge in [0.15, 0.2) is 5.82 Å². The molecule has 3 heterocycles. The normalized spacial score (nSPS) is 17.6.